The van der Waals surface area contributed by atoms with Crippen molar-refractivity contribution >= 4 is 32.9 Å². The summed E-state index contributed by atoms with van der Waals surface area (Å²) in [5, 5.41) is 8.89. The third-order valence-electron chi connectivity index (χ3n) is 2.11. The van der Waals surface area contributed by atoms with E-state index in [9.17, 15) is 13.6 Å². The smallest absolute Gasteiger partial charge is 0.307 e. The van der Waals surface area contributed by atoms with Gasteiger partial charge in [-0.2, -0.15) is 4.39 Å². The normalized spacial score (nSPS) is 10.9. The summed E-state index contributed by atoms with van der Waals surface area (Å²) in [5.74, 6) is -3.23. The molecular weight excluding hydrogens is 286 g/mol. The predicted molar refractivity (Wildman–Crippen MR) is 55.2 cm³/mol. The minimum absolute atomic E-state index is 0.251. The van der Waals surface area contributed by atoms with Gasteiger partial charge >= 0.3 is 5.97 Å². The van der Waals surface area contributed by atoms with Crippen molar-refractivity contribution < 1.29 is 23.1 Å². The van der Waals surface area contributed by atoms with E-state index >= 15 is 0 Å². The molecule has 3 nitrogen and oxygen atoms in total. The van der Waals surface area contributed by atoms with Gasteiger partial charge in [-0.15, -0.1) is 0 Å². The number of furan rings is 1. The van der Waals surface area contributed by atoms with E-state index in [0.717, 1.165) is 12.3 Å². The van der Waals surface area contributed by atoms with Crippen molar-refractivity contribution in [2.75, 3.05) is 0 Å². The first-order valence-electron chi connectivity index (χ1n) is 4.26. The van der Waals surface area contributed by atoms with Crippen LogP contribution in [0.1, 0.15) is 5.56 Å². The molecule has 6 heteroatoms. The number of carbonyl (C=O) groups is 1. The molecule has 0 fully saturated rings. The maximum Gasteiger partial charge on any atom is 0.307 e. The fourth-order valence-electron chi connectivity index (χ4n) is 1.47. The van der Waals surface area contributed by atoms with Crippen LogP contribution in [-0.2, 0) is 11.2 Å². The summed E-state index contributed by atoms with van der Waals surface area (Å²) in [6.07, 6.45) is 0.808. The van der Waals surface area contributed by atoms with Gasteiger partial charge in [0.25, 0.3) is 0 Å². The number of hydrogen-bond donors (Lipinski definition) is 1. The van der Waals surface area contributed by atoms with E-state index in [4.69, 9.17) is 9.52 Å². The second kappa shape index (κ2) is 3.86. The quantitative estimate of drug-likeness (QED) is 0.865. The lowest BCUT2D eigenvalue weighted by molar-refractivity contribution is -0.136. The fraction of sp³-hybridized carbons (Fsp3) is 0.100. The van der Waals surface area contributed by atoms with Gasteiger partial charge in [0.05, 0.1) is 12.7 Å². The minimum atomic E-state index is -1.12. The van der Waals surface area contributed by atoms with Gasteiger partial charge in [0, 0.05) is 15.4 Å². The SMILES string of the molecule is O=C(O)Cc1coc2c(F)c(F)cc(Br)c12. The number of carboxylic acids is 1. The first kappa shape index (κ1) is 11.1. The summed E-state index contributed by atoms with van der Waals surface area (Å²) < 4.78 is 31.4. The molecule has 2 aromatic rings. The predicted octanol–water partition coefficient (Wildman–Crippen LogP) is 3.10. The van der Waals surface area contributed by atoms with Gasteiger partial charge in [0.15, 0.2) is 11.4 Å². The Morgan fingerprint density at radius 3 is 2.81 bits per heavy atom. The number of aliphatic carboxylic acids is 1. The molecule has 0 aliphatic carbocycles. The Balaban J connectivity index is 2.72. The summed E-state index contributed by atoms with van der Waals surface area (Å²) in [7, 11) is 0. The molecule has 1 N–H and O–H groups in total. The van der Waals surface area contributed by atoms with Gasteiger partial charge in [-0.3, -0.25) is 4.79 Å². The van der Waals surface area contributed by atoms with E-state index in [0.29, 0.717) is 5.56 Å². The van der Waals surface area contributed by atoms with E-state index in [-0.39, 0.29) is 21.9 Å². The molecule has 0 bridgehead atoms. The van der Waals surface area contributed by atoms with Crippen LogP contribution >= 0.6 is 15.9 Å². The van der Waals surface area contributed by atoms with Crippen molar-refractivity contribution in [1.29, 1.82) is 0 Å². The monoisotopic (exact) mass is 290 g/mol. The standard InChI is InChI=1S/C10H5BrF2O3/c11-5-2-6(12)9(13)10-8(5)4(3-16-10)1-7(14)15/h2-3H,1H2,(H,14,15). The Morgan fingerprint density at radius 1 is 1.50 bits per heavy atom. The van der Waals surface area contributed by atoms with Crippen LogP contribution in [0.4, 0.5) is 8.78 Å². The van der Waals surface area contributed by atoms with E-state index in [2.05, 4.69) is 15.9 Å². The molecule has 0 aliphatic heterocycles. The first-order valence-corrected chi connectivity index (χ1v) is 5.05. The van der Waals surface area contributed by atoms with Crippen LogP contribution in [0, 0.1) is 11.6 Å². The molecule has 1 aromatic heterocycles. The summed E-state index contributed by atoms with van der Waals surface area (Å²) in [6.45, 7) is 0. The van der Waals surface area contributed by atoms with Crippen LogP contribution < -0.4 is 0 Å². The highest BCUT2D eigenvalue weighted by atomic mass is 79.9. The molecule has 0 unspecified atom stereocenters. The van der Waals surface area contributed by atoms with Gasteiger partial charge in [0.1, 0.15) is 0 Å². The zero-order valence-electron chi connectivity index (χ0n) is 7.76. The Hall–Kier alpha value is -1.43. The van der Waals surface area contributed by atoms with Crippen molar-refractivity contribution in [3.05, 3.63) is 34.0 Å². The number of benzene rings is 1. The lowest BCUT2D eigenvalue weighted by Gasteiger charge is -1.99. The van der Waals surface area contributed by atoms with Crippen molar-refractivity contribution in [1.82, 2.24) is 0 Å². The molecule has 0 amide bonds. The summed E-state index contributed by atoms with van der Waals surface area (Å²) in [5.41, 5.74) is 0.0244. The van der Waals surface area contributed by atoms with Crippen molar-refractivity contribution in [3.63, 3.8) is 0 Å². The highest BCUT2D eigenvalue weighted by Crippen LogP contribution is 2.32. The average Bonchev–Trinajstić information content (AvgIpc) is 2.58. The van der Waals surface area contributed by atoms with Gasteiger partial charge in [-0.1, -0.05) is 0 Å². The van der Waals surface area contributed by atoms with Crippen molar-refractivity contribution in [2.45, 2.75) is 6.42 Å². The number of fused-ring (bicyclic) bond motifs is 1. The minimum Gasteiger partial charge on any atom is -0.481 e. The van der Waals surface area contributed by atoms with Crippen molar-refractivity contribution in [3.8, 4) is 0 Å². The Morgan fingerprint density at radius 2 is 2.19 bits per heavy atom. The fourth-order valence-corrected chi connectivity index (χ4v) is 2.10. The molecule has 1 aromatic carbocycles. The number of halogens is 3. The van der Waals surface area contributed by atoms with Crippen LogP contribution in [0.15, 0.2) is 21.2 Å². The molecule has 0 saturated heterocycles. The Kier molecular flexibility index (Phi) is 2.67. The van der Waals surface area contributed by atoms with Gasteiger partial charge in [-0.05, 0) is 22.0 Å². The van der Waals surface area contributed by atoms with Crippen LogP contribution in [0.2, 0.25) is 0 Å². The first-order chi connectivity index (χ1) is 7.50. The molecule has 16 heavy (non-hydrogen) atoms. The number of rotatable bonds is 2. The third kappa shape index (κ3) is 1.69. The second-order valence-corrected chi connectivity index (χ2v) is 4.04. The topological polar surface area (TPSA) is 50.4 Å². The van der Waals surface area contributed by atoms with Gasteiger partial charge in [0.2, 0.25) is 5.82 Å². The average molecular weight is 291 g/mol. The van der Waals surface area contributed by atoms with Gasteiger partial charge in [-0.25, -0.2) is 4.39 Å². The number of carboxylic acid groups (broad SMARTS) is 1. The van der Waals surface area contributed by atoms with Crippen molar-refractivity contribution in [2.24, 2.45) is 0 Å². The zero-order valence-corrected chi connectivity index (χ0v) is 9.35. The molecular formula is C10H5BrF2O3. The summed E-state index contributed by atoms with van der Waals surface area (Å²) in [4.78, 5) is 10.5. The molecule has 0 saturated carbocycles. The van der Waals surface area contributed by atoms with E-state index in [1.807, 2.05) is 0 Å². The van der Waals surface area contributed by atoms with Crippen LogP contribution in [-0.4, -0.2) is 11.1 Å². The maximum atomic E-state index is 13.3. The van der Waals surface area contributed by atoms with Gasteiger partial charge < -0.3 is 9.52 Å². The van der Waals surface area contributed by atoms with E-state index in [1.165, 1.54) is 0 Å². The molecule has 0 spiro atoms. The third-order valence-corrected chi connectivity index (χ3v) is 2.74. The summed E-state index contributed by atoms with van der Waals surface area (Å²) >= 11 is 3.04. The number of hydrogen-bond acceptors (Lipinski definition) is 2. The van der Waals surface area contributed by atoms with E-state index < -0.39 is 17.6 Å². The second-order valence-electron chi connectivity index (χ2n) is 3.19. The molecule has 1 heterocycles. The van der Waals surface area contributed by atoms with Crippen LogP contribution in [0.25, 0.3) is 11.0 Å². The molecule has 0 aliphatic rings. The molecule has 84 valence electrons. The lowest BCUT2D eigenvalue weighted by Crippen LogP contribution is -1.99. The highest BCUT2D eigenvalue weighted by Gasteiger charge is 2.18. The Bertz CT molecular complexity index is 577. The van der Waals surface area contributed by atoms with Crippen LogP contribution in [0.5, 0.6) is 0 Å². The largest absolute Gasteiger partial charge is 0.481 e. The Labute approximate surface area is 96.8 Å². The lowest BCUT2D eigenvalue weighted by atomic mass is 10.1. The molecule has 2 rings (SSSR count). The highest BCUT2D eigenvalue weighted by molar-refractivity contribution is 9.10. The zero-order chi connectivity index (χ0) is 11.9. The molecule has 0 radical (unpaired) electrons. The summed E-state index contributed by atoms with van der Waals surface area (Å²) in [6, 6.07) is 0.943. The maximum absolute atomic E-state index is 13.3. The molecule has 0 atom stereocenters. The van der Waals surface area contributed by atoms with E-state index in [1.54, 1.807) is 0 Å². The van der Waals surface area contributed by atoms with Crippen LogP contribution in [0.3, 0.4) is 0 Å².